The van der Waals surface area contributed by atoms with Gasteiger partial charge in [0.05, 0.1) is 19.8 Å². The second-order valence-corrected chi connectivity index (χ2v) is 12.3. The molecule has 7 nitrogen and oxygen atoms in total. The van der Waals surface area contributed by atoms with Gasteiger partial charge in [-0.15, -0.1) is 11.8 Å². The van der Waals surface area contributed by atoms with Gasteiger partial charge in [-0.05, 0) is 72.6 Å². The second-order valence-electron chi connectivity index (χ2n) is 11.5. The smallest absolute Gasteiger partial charge is 0.223 e. The molecule has 41 heavy (non-hydrogen) atoms. The summed E-state index contributed by atoms with van der Waals surface area (Å²) in [5.74, 6) is 1.75. The number of benzene rings is 2. The van der Waals surface area contributed by atoms with Crippen molar-refractivity contribution in [1.29, 1.82) is 0 Å². The average Bonchev–Trinajstić information content (AvgIpc) is 2.96. The highest BCUT2D eigenvalue weighted by molar-refractivity contribution is 7.98. The van der Waals surface area contributed by atoms with Crippen LogP contribution in [0.1, 0.15) is 58.1 Å². The molecule has 4 N–H and O–H groups in total. The van der Waals surface area contributed by atoms with Crippen LogP contribution >= 0.6 is 11.8 Å². The number of thioether (sulfide) groups is 1. The van der Waals surface area contributed by atoms with E-state index in [-0.39, 0.29) is 23.7 Å². The molecule has 1 amide bonds. The first-order chi connectivity index (χ1) is 19.6. The molecule has 8 heteroatoms. The minimum Gasteiger partial charge on any atom is -0.493 e. The van der Waals surface area contributed by atoms with Crippen LogP contribution in [0.5, 0.6) is 11.5 Å². The summed E-state index contributed by atoms with van der Waals surface area (Å²) in [5, 5.41) is 14.2. The fourth-order valence-electron chi connectivity index (χ4n) is 5.03. The van der Waals surface area contributed by atoms with Crippen LogP contribution in [-0.4, -0.2) is 56.8 Å². The van der Waals surface area contributed by atoms with E-state index in [1.54, 1.807) is 26.0 Å². The van der Waals surface area contributed by atoms with Gasteiger partial charge in [0.25, 0.3) is 0 Å². The number of hydrogen-bond acceptors (Lipinski definition) is 7. The Kier molecular flexibility index (Phi) is 15.6. The molecule has 0 heterocycles. The maximum absolute atomic E-state index is 13.2. The summed E-state index contributed by atoms with van der Waals surface area (Å²) in [6, 6.07) is 13.7. The molecule has 0 aliphatic rings. The Labute approximate surface area is 251 Å². The Morgan fingerprint density at radius 2 is 1.73 bits per heavy atom. The van der Waals surface area contributed by atoms with Crippen LogP contribution in [0, 0.1) is 23.7 Å². The lowest BCUT2D eigenvalue weighted by Crippen LogP contribution is -2.42. The third-order valence-electron chi connectivity index (χ3n) is 7.77. The van der Waals surface area contributed by atoms with E-state index in [0.717, 1.165) is 34.6 Å². The van der Waals surface area contributed by atoms with Gasteiger partial charge in [-0.2, -0.15) is 0 Å². The standard InChI is InChI=1S/C33H52N2O5S/c1-22(2)26(17-24-13-14-30(39-6)31(18-24)40-16-10-15-38-5)19-28(34)29(36)20-27(23(3)4)33(37)35-21-25-11-8-9-12-32(25)41-7/h8-9,11-14,18,22-23,26-29,36H,10,15-17,19-21,34H2,1-7H3,(H,35,37)/t26-,27-,28-,29-/m0/s1. The maximum Gasteiger partial charge on any atom is 0.223 e. The second kappa shape index (κ2) is 18.3. The van der Waals surface area contributed by atoms with Crippen LogP contribution in [0.2, 0.25) is 0 Å². The molecule has 0 unspecified atom stereocenters. The van der Waals surface area contributed by atoms with Crippen molar-refractivity contribution in [3.05, 3.63) is 53.6 Å². The summed E-state index contributed by atoms with van der Waals surface area (Å²) in [6.45, 7) is 10.1. The van der Waals surface area contributed by atoms with Crippen molar-refractivity contribution in [2.75, 3.05) is 33.7 Å². The Bertz CT molecular complexity index is 1050. The molecule has 0 aromatic heterocycles. The van der Waals surface area contributed by atoms with Gasteiger partial charge in [0, 0.05) is 43.5 Å². The number of carbonyl (C=O) groups is 1. The molecular formula is C33H52N2O5S. The van der Waals surface area contributed by atoms with E-state index in [0.29, 0.717) is 44.3 Å². The van der Waals surface area contributed by atoms with Gasteiger partial charge in [-0.1, -0.05) is 52.0 Å². The minimum absolute atomic E-state index is 0.0428. The highest BCUT2D eigenvalue weighted by atomic mass is 32.2. The summed E-state index contributed by atoms with van der Waals surface area (Å²) >= 11 is 1.67. The van der Waals surface area contributed by atoms with Gasteiger partial charge in [0.1, 0.15) is 0 Å². The van der Waals surface area contributed by atoms with Crippen LogP contribution in [0.4, 0.5) is 0 Å². The van der Waals surface area contributed by atoms with Gasteiger partial charge in [-0.3, -0.25) is 4.79 Å². The summed E-state index contributed by atoms with van der Waals surface area (Å²) in [4.78, 5) is 14.3. The van der Waals surface area contributed by atoms with Crippen molar-refractivity contribution >= 4 is 17.7 Å². The normalized spacial score (nSPS) is 14.5. The number of methoxy groups -OCH3 is 2. The van der Waals surface area contributed by atoms with Crippen LogP contribution in [0.25, 0.3) is 0 Å². The molecule has 0 radical (unpaired) electrons. The number of carbonyl (C=O) groups excluding carboxylic acids is 1. The fourth-order valence-corrected chi connectivity index (χ4v) is 5.64. The summed E-state index contributed by atoms with van der Waals surface area (Å²) in [7, 11) is 3.32. The van der Waals surface area contributed by atoms with E-state index in [2.05, 4.69) is 31.3 Å². The zero-order valence-electron chi connectivity index (χ0n) is 26.0. The molecule has 2 aromatic rings. The molecule has 4 atom stereocenters. The van der Waals surface area contributed by atoms with Gasteiger partial charge < -0.3 is 30.4 Å². The molecule has 2 rings (SSSR count). The molecule has 0 fully saturated rings. The van der Waals surface area contributed by atoms with Crippen LogP contribution in [0.3, 0.4) is 0 Å². The highest BCUT2D eigenvalue weighted by Crippen LogP contribution is 2.32. The van der Waals surface area contributed by atoms with Crippen LogP contribution in [0.15, 0.2) is 47.4 Å². The van der Waals surface area contributed by atoms with Gasteiger partial charge in [0.2, 0.25) is 5.91 Å². The summed E-state index contributed by atoms with van der Waals surface area (Å²) < 4.78 is 16.6. The van der Waals surface area contributed by atoms with E-state index in [9.17, 15) is 9.90 Å². The van der Waals surface area contributed by atoms with E-state index in [4.69, 9.17) is 19.9 Å². The Hall–Kier alpha value is -2.26. The van der Waals surface area contributed by atoms with Gasteiger partial charge >= 0.3 is 0 Å². The average molecular weight is 589 g/mol. The van der Waals surface area contributed by atoms with Crippen molar-refractivity contribution in [2.24, 2.45) is 29.4 Å². The van der Waals surface area contributed by atoms with Crippen LogP contribution in [-0.2, 0) is 22.5 Å². The molecule has 0 aliphatic heterocycles. The first-order valence-corrected chi connectivity index (χ1v) is 16.0. The summed E-state index contributed by atoms with van der Waals surface area (Å²) in [6.07, 6.45) is 3.85. The lowest BCUT2D eigenvalue weighted by molar-refractivity contribution is -0.127. The number of nitrogens with two attached hydrogens (primary N) is 1. The number of rotatable bonds is 19. The van der Waals surface area contributed by atoms with Crippen molar-refractivity contribution in [3.63, 3.8) is 0 Å². The van der Waals surface area contributed by atoms with Crippen molar-refractivity contribution in [1.82, 2.24) is 5.32 Å². The first kappa shape index (κ1) is 34.9. The molecule has 0 saturated carbocycles. The topological polar surface area (TPSA) is 103 Å². The molecule has 0 aliphatic carbocycles. The van der Waals surface area contributed by atoms with Crippen LogP contribution < -0.4 is 20.5 Å². The number of aliphatic hydroxyl groups excluding tert-OH is 1. The van der Waals surface area contributed by atoms with Crippen molar-refractivity contribution in [3.8, 4) is 11.5 Å². The lowest BCUT2D eigenvalue weighted by atomic mass is 9.81. The predicted molar refractivity (Wildman–Crippen MR) is 169 cm³/mol. The minimum atomic E-state index is -0.775. The number of nitrogens with one attached hydrogen (secondary N) is 1. The first-order valence-electron chi connectivity index (χ1n) is 14.7. The molecule has 2 aromatic carbocycles. The molecule has 0 spiro atoms. The molecule has 0 saturated heterocycles. The van der Waals surface area contributed by atoms with E-state index in [1.807, 2.05) is 50.4 Å². The van der Waals surface area contributed by atoms with Gasteiger partial charge in [-0.25, -0.2) is 0 Å². The number of hydrogen-bond donors (Lipinski definition) is 3. The number of amides is 1. The Balaban J connectivity index is 2.02. The molecular weight excluding hydrogens is 536 g/mol. The van der Waals surface area contributed by atoms with E-state index >= 15 is 0 Å². The zero-order chi connectivity index (χ0) is 30.4. The van der Waals surface area contributed by atoms with E-state index < -0.39 is 12.1 Å². The lowest BCUT2D eigenvalue weighted by Gasteiger charge is -2.30. The maximum atomic E-state index is 13.2. The zero-order valence-corrected chi connectivity index (χ0v) is 26.8. The molecule has 0 bridgehead atoms. The quantitative estimate of drug-likeness (QED) is 0.143. The third kappa shape index (κ3) is 11.5. The number of ether oxygens (including phenoxy) is 3. The third-order valence-corrected chi connectivity index (χ3v) is 8.61. The fraction of sp³-hybridized carbons (Fsp3) is 0.606. The SMILES string of the molecule is COCCCOc1cc(C[C@@H](C[C@H](N)[C@@H](O)C[C@H](C(=O)NCc2ccccc2SC)C(C)C)C(C)C)ccc1OC. The Morgan fingerprint density at radius 3 is 2.37 bits per heavy atom. The van der Waals surface area contributed by atoms with Crippen molar-refractivity contribution < 1.29 is 24.1 Å². The summed E-state index contributed by atoms with van der Waals surface area (Å²) in [5.41, 5.74) is 8.82. The molecule has 230 valence electrons. The van der Waals surface area contributed by atoms with Gasteiger partial charge in [0.15, 0.2) is 11.5 Å². The monoisotopic (exact) mass is 588 g/mol. The Morgan fingerprint density at radius 1 is 1.00 bits per heavy atom. The predicted octanol–water partition coefficient (Wildman–Crippen LogP) is 5.70. The van der Waals surface area contributed by atoms with E-state index in [1.165, 1.54) is 0 Å². The van der Waals surface area contributed by atoms with Crippen molar-refractivity contribution in [2.45, 2.75) is 77.0 Å². The number of aliphatic hydroxyl groups is 1. The largest absolute Gasteiger partial charge is 0.493 e. The highest BCUT2D eigenvalue weighted by Gasteiger charge is 2.30.